The highest BCUT2D eigenvalue weighted by molar-refractivity contribution is 5.85. The second kappa shape index (κ2) is 7.26. The Labute approximate surface area is 165 Å². The number of imidazole rings is 1. The molecule has 2 saturated heterocycles. The van der Waals surface area contributed by atoms with Gasteiger partial charge in [-0.2, -0.15) is 0 Å². The molecule has 29 heavy (non-hydrogen) atoms. The Hall–Kier alpha value is -2.18. The van der Waals surface area contributed by atoms with Gasteiger partial charge in [0.25, 0.3) is 0 Å². The zero-order valence-corrected chi connectivity index (χ0v) is 15.7. The topological polar surface area (TPSA) is 143 Å². The summed E-state index contributed by atoms with van der Waals surface area (Å²) in [6.45, 7) is 1.95. The molecule has 2 aliphatic heterocycles. The summed E-state index contributed by atoms with van der Waals surface area (Å²) in [5.74, 6) is -0.0254. The van der Waals surface area contributed by atoms with Crippen molar-refractivity contribution in [2.75, 3.05) is 32.9 Å². The van der Waals surface area contributed by atoms with Gasteiger partial charge in [-0.1, -0.05) is 0 Å². The van der Waals surface area contributed by atoms with Crippen LogP contribution in [0.3, 0.4) is 0 Å². The molecular weight excluding hydrogens is 382 g/mol. The maximum absolute atomic E-state index is 12.7. The molecule has 0 spiro atoms. The van der Waals surface area contributed by atoms with Gasteiger partial charge in [-0.3, -0.25) is 9.36 Å². The number of fused-ring (bicyclic) bond motifs is 1. The average Bonchev–Trinajstić information content (AvgIpc) is 3.36. The maximum Gasteiger partial charge on any atom is 0.226 e. The smallest absolute Gasteiger partial charge is 0.226 e. The molecule has 1 aliphatic carbocycles. The molecule has 5 rings (SSSR count). The van der Waals surface area contributed by atoms with E-state index < -0.39 is 31.1 Å². The zero-order valence-electron chi connectivity index (χ0n) is 15.7. The Bertz CT molecular complexity index is 915. The van der Waals surface area contributed by atoms with E-state index in [9.17, 15) is 20.1 Å². The fraction of sp³-hybridized carbons (Fsp3) is 0.667. The number of amides is 1. The number of ether oxygens (including phenoxy) is 2. The first-order valence-electron chi connectivity index (χ1n) is 9.76. The van der Waals surface area contributed by atoms with Gasteiger partial charge in [0.2, 0.25) is 5.91 Å². The molecule has 0 unspecified atom stereocenters. The number of carbonyl (C=O) groups excluding carboxylic acids is 1. The van der Waals surface area contributed by atoms with Crippen LogP contribution < -0.4 is 0 Å². The van der Waals surface area contributed by atoms with Crippen LogP contribution in [-0.4, -0.2) is 96.9 Å². The Morgan fingerprint density at radius 3 is 2.69 bits per heavy atom. The van der Waals surface area contributed by atoms with Gasteiger partial charge >= 0.3 is 0 Å². The Morgan fingerprint density at radius 1 is 1.17 bits per heavy atom. The van der Waals surface area contributed by atoms with Gasteiger partial charge in [0.15, 0.2) is 11.9 Å². The number of aromatic nitrogens is 4. The molecule has 0 radical (unpaired) electrons. The van der Waals surface area contributed by atoms with Crippen molar-refractivity contribution in [3.05, 3.63) is 18.3 Å². The Balaban J connectivity index is 1.39. The second-order valence-corrected chi connectivity index (χ2v) is 7.70. The van der Waals surface area contributed by atoms with Gasteiger partial charge < -0.3 is 29.7 Å². The summed E-state index contributed by atoms with van der Waals surface area (Å²) in [5.41, 5.74) is 1.70. The number of nitrogens with zero attached hydrogens (tertiary/aromatic N) is 5. The number of carbonyl (C=O) groups is 1. The molecule has 11 nitrogen and oxygen atoms in total. The number of hydrogen-bond donors (Lipinski definition) is 3. The van der Waals surface area contributed by atoms with Crippen molar-refractivity contribution in [3.63, 3.8) is 0 Å². The summed E-state index contributed by atoms with van der Waals surface area (Å²) < 4.78 is 12.4. The van der Waals surface area contributed by atoms with Crippen molar-refractivity contribution >= 4 is 17.1 Å². The van der Waals surface area contributed by atoms with Crippen LogP contribution in [0, 0.1) is 5.92 Å². The minimum Gasteiger partial charge on any atom is -0.394 e. The molecule has 3 fully saturated rings. The van der Waals surface area contributed by atoms with Crippen LogP contribution in [0.25, 0.3) is 11.2 Å². The fourth-order valence-corrected chi connectivity index (χ4v) is 4.23. The van der Waals surface area contributed by atoms with E-state index >= 15 is 0 Å². The van der Waals surface area contributed by atoms with E-state index in [0.29, 0.717) is 49.6 Å². The third-order valence-electron chi connectivity index (χ3n) is 5.96. The van der Waals surface area contributed by atoms with E-state index in [2.05, 4.69) is 15.0 Å². The van der Waals surface area contributed by atoms with Crippen LogP contribution in [0.1, 0.15) is 24.3 Å². The third-order valence-corrected chi connectivity index (χ3v) is 5.96. The van der Waals surface area contributed by atoms with Crippen LogP contribution in [-0.2, 0) is 14.3 Å². The molecule has 3 aliphatic rings. The first-order chi connectivity index (χ1) is 14.1. The summed E-state index contributed by atoms with van der Waals surface area (Å²) >= 11 is 0. The molecule has 1 saturated carbocycles. The van der Waals surface area contributed by atoms with Gasteiger partial charge in [-0.05, 0) is 6.42 Å². The standard InChI is InChI=1S/C18H23N5O6/c24-6-11-14(25)15(26)18(29-11)23-8-21-13-12(19-7-20-16(13)23)9-5-10(9)17(27)22-1-3-28-4-2-22/h7-11,14-15,18,24-26H,1-6H2/t9-,10-,11+,14+,15+,18+/m0/s1. The highest BCUT2D eigenvalue weighted by Gasteiger charge is 2.49. The first kappa shape index (κ1) is 18.8. The van der Waals surface area contributed by atoms with E-state index in [-0.39, 0.29) is 17.7 Å². The van der Waals surface area contributed by atoms with E-state index in [4.69, 9.17) is 9.47 Å². The van der Waals surface area contributed by atoms with Gasteiger partial charge in [-0.25, -0.2) is 15.0 Å². The molecule has 0 aromatic carbocycles. The molecule has 0 bridgehead atoms. The van der Waals surface area contributed by atoms with Gasteiger partial charge in [0, 0.05) is 24.9 Å². The normalized spacial score (nSPS) is 34.7. The molecule has 3 N–H and O–H groups in total. The average molecular weight is 405 g/mol. The fourth-order valence-electron chi connectivity index (χ4n) is 4.23. The number of rotatable bonds is 4. The molecule has 11 heteroatoms. The quantitative estimate of drug-likeness (QED) is 0.548. The molecule has 2 aromatic rings. The Morgan fingerprint density at radius 2 is 1.97 bits per heavy atom. The zero-order chi connectivity index (χ0) is 20.1. The summed E-state index contributed by atoms with van der Waals surface area (Å²) in [4.78, 5) is 27.6. The van der Waals surface area contributed by atoms with Crippen molar-refractivity contribution in [1.82, 2.24) is 24.4 Å². The first-order valence-corrected chi connectivity index (χ1v) is 9.76. The molecule has 2 aromatic heterocycles. The summed E-state index contributed by atoms with van der Waals surface area (Å²) in [6.07, 6.45) is -0.631. The minimum absolute atomic E-state index is 0.0237. The van der Waals surface area contributed by atoms with Crippen molar-refractivity contribution in [3.8, 4) is 0 Å². The number of aliphatic hydroxyl groups is 3. The SMILES string of the molecule is O=C([C@H]1C[C@@H]1c1ncnc2c1ncn2[C@@H]1O[C@H](CO)[C@@H](O)[C@H]1O)N1CCOCC1. The molecular formula is C18H23N5O6. The molecule has 4 heterocycles. The molecule has 1 amide bonds. The minimum atomic E-state index is -1.22. The summed E-state index contributed by atoms with van der Waals surface area (Å²) in [6, 6.07) is 0. The highest BCUT2D eigenvalue weighted by atomic mass is 16.6. The van der Waals surface area contributed by atoms with E-state index in [0.717, 1.165) is 0 Å². The lowest BCUT2D eigenvalue weighted by Gasteiger charge is -2.27. The lowest BCUT2D eigenvalue weighted by molar-refractivity contribution is -0.136. The second-order valence-electron chi connectivity index (χ2n) is 7.70. The van der Waals surface area contributed by atoms with Crippen LogP contribution in [0.4, 0.5) is 0 Å². The molecule has 6 atom stereocenters. The van der Waals surface area contributed by atoms with Crippen molar-refractivity contribution in [2.24, 2.45) is 5.92 Å². The highest BCUT2D eigenvalue weighted by Crippen LogP contribution is 2.49. The Kier molecular flexibility index (Phi) is 4.71. The van der Waals surface area contributed by atoms with Gasteiger partial charge in [0.05, 0.1) is 31.8 Å². The van der Waals surface area contributed by atoms with Crippen LogP contribution in [0.15, 0.2) is 12.7 Å². The predicted molar refractivity (Wildman–Crippen MR) is 96.6 cm³/mol. The van der Waals surface area contributed by atoms with Crippen molar-refractivity contribution in [1.29, 1.82) is 0 Å². The van der Waals surface area contributed by atoms with Gasteiger partial charge in [0.1, 0.15) is 30.2 Å². The van der Waals surface area contributed by atoms with Crippen molar-refractivity contribution < 1.29 is 29.6 Å². The van der Waals surface area contributed by atoms with E-state index in [1.165, 1.54) is 17.2 Å². The summed E-state index contributed by atoms with van der Waals surface area (Å²) in [7, 11) is 0. The lowest BCUT2D eigenvalue weighted by atomic mass is 10.1. The van der Waals surface area contributed by atoms with Crippen LogP contribution in [0.5, 0.6) is 0 Å². The number of morpholine rings is 1. The van der Waals surface area contributed by atoms with E-state index in [1.807, 2.05) is 4.90 Å². The lowest BCUT2D eigenvalue weighted by Crippen LogP contribution is -2.41. The predicted octanol–water partition coefficient (Wildman–Crippen LogP) is -1.60. The third kappa shape index (κ3) is 3.09. The largest absolute Gasteiger partial charge is 0.394 e. The monoisotopic (exact) mass is 405 g/mol. The van der Waals surface area contributed by atoms with Gasteiger partial charge in [-0.15, -0.1) is 0 Å². The maximum atomic E-state index is 12.7. The summed E-state index contributed by atoms with van der Waals surface area (Å²) in [5, 5.41) is 29.6. The van der Waals surface area contributed by atoms with E-state index in [1.54, 1.807) is 0 Å². The van der Waals surface area contributed by atoms with Crippen LogP contribution in [0.2, 0.25) is 0 Å². The molecule has 156 valence electrons. The number of hydrogen-bond acceptors (Lipinski definition) is 9. The number of aliphatic hydroxyl groups excluding tert-OH is 3. The van der Waals surface area contributed by atoms with Crippen LogP contribution >= 0.6 is 0 Å². The van der Waals surface area contributed by atoms with Crippen molar-refractivity contribution in [2.45, 2.75) is 36.9 Å².